The van der Waals surface area contributed by atoms with Gasteiger partial charge in [-0.25, -0.2) is 0 Å². The van der Waals surface area contributed by atoms with Gasteiger partial charge in [0.15, 0.2) is 5.82 Å². The summed E-state index contributed by atoms with van der Waals surface area (Å²) in [4.78, 5) is 16.1. The molecule has 3 aromatic rings. The van der Waals surface area contributed by atoms with Crippen LogP contribution in [0.15, 0.2) is 30.3 Å². The van der Waals surface area contributed by atoms with Crippen LogP contribution in [0.2, 0.25) is 0 Å². The third-order valence-corrected chi connectivity index (χ3v) is 6.69. The van der Waals surface area contributed by atoms with Crippen LogP contribution in [0.3, 0.4) is 0 Å². The molecule has 1 unspecified atom stereocenters. The summed E-state index contributed by atoms with van der Waals surface area (Å²) in [5.41, 5.74) is 0. The second-order valence-corrected chi connectivity index (χ2v) is 8.33. The summed E-state index contributed by atoms with van der Waals surface area (Å²) < 4.78 is 3.46. The number of aromatic nitrogens is 3. The number of likely N-dealkylation sites (tertiary alicyclic amines) is 1. The molecule has 5 nitrogen and oxygen atoms in total. The fraction of sp³-hybridized carbons (Fsp3) is 0.450. The lowest BCUT2D eigenvalue weighted by Crippen LogP contribution is -2.31. The van der Waals surface area contributed by atoms with E-state index in [2.05, 4.69) is 26.9 Å². The first-order valence-electron chi connectivity index (χ1n) is 9.53. The van der Waals surface area contributed by atoms with E-state index in [0.717, 1.165) is 54.3 Å². The van der Waals surface area contributed by atoms with Gasteiger partial charge in [-0.2, -0.15) is 0 Å². The first-order valence-corrected chi connectivity index (χ1v) is 10.3. The lowest BCUT2D eigenvalue weighted by Gasteiger charge is -2.24. The molecule has 4 heterocycles. The molecule has 6 heteroatoms. The number of nitrogens with zero attached hydrogens (tertiary/aromatic N) is 4. The molecule has 0 bridgehead atoms. The molecule has 0 radical (unpaired) electrons. The summed E-state index contributed by atoms with van der Waals surface area (Å²) in [7, 11) is 0. The van der Waals surface area contributed by atoms with E-state index in [-0.39, 0.29) is 11.9 Å². The number of hydrogen-bond donors (Lipinski definition) is 0. The fourth-order valence-corrected chi connectivity index (χ4v) is 5.28. The van der Waals surface area contributed by atoms with Crippen LogP contribution in [0.25, 0.3) is 10.1 Å². The molecule has 0 aliphatic carbocycles. The van der Waals surface area contributed by atoms with E-state index in [9.17, 15) is 4.79 Å². The summed E-state index contributed by atoms with van der Waals surface area (Å²) in [6, 6.07) is 10.3. The Balaban J connectivity index is 1.47. The van der Waals surface area contributed by atoms with Gasteiger partial charge in [-0.1, -0.05) is 24.6 Å². The first kappa shape index (κ1) is 16.0. The van der Waals surface area contributed by atoms with Gasteiger partial charge in [0.05, 0.1) is 10.9 Å². The maximum absolute atomic E-state index is 13.2. The Kier molecular flexibility index (Phi) is 4.00. The van der Waals surface area contributed by atoms with E-state index < -0.39 is 0 Å². The zero-order valence-electron chi connectivity index (χ0n) is 14.7. The smallest absolute Gasteiger partial charge is 0.264 e. The van der Waals surface area contributed by atoms with Crippen LogP contribution in [-0.2, 0) is 13.0 Å². The van der Waals surface area contributed by atoms with Crippen LogP contribution in [-0.4, -0.2) is 32.1 Å². The zero-order valence-corrected chi connectivity index (χ0v) is 15.5. The topological polar surface area (TPSA) is 51.0 Å². The molecular weight excluding hydrogens is 344 g/mol. The average Bonchev–Trinajstić information content (AvgIpc) is 3.35. The molecule has 1 saturated heterocycles. The number of rotatable bonds is 2. The Morgan fingerprint density at radius 1 is 1.08 bits per heavy atom. The number of carbonyl (C=O) groups is 1. The minimum Gasteiger partial charge on any atom is -0.328 e. The van der Waals surface area contributed by atoms with Crippen LogP contribution < -0.4 is 0 Å². The van der Waals surface area contributed by atoms with E-state index >= 15 is 0 Å². The molecule has 2 aromatic heterocycles. The van der Waals surface area contributed by atoms with E-state index in [1.165, 1.54) is 24.0 Å². The Morgan fingerprint density at radius 2 is 2.00 bits per heavy atom. The molecule has 1 fully saturated rings. The number of amides is 1. The second kappa shape index (κ2) is 6.50. The van der Waals surface area contributed by atoms with Crippen molar-refractivity contribution < 1.29 is 4.79 Å². The fourth-order valence-electron chi connectivity index (χ4n) is 4.26. The van der Waals surface area contributed by atoms with Gasteiger partial charge in [-0.05, 0) is 43.2 Å². The molecule has 0 saturated carbocycles. The van der Waals surface area contributed by atoms with Gasteiger partial charge in [0.25, 0.3) is 5.91 Å². The van der Waals surface area contributed by atoms with Gasteiger partial charge in [0.2, 0.25) is 0 Å². The molecule has 134 valence electrons. The Morgan fingerprint density at radius 3 is 2.92 bits per heavy atom. The first-order chi connectivity index (χ1) is 12.8. The van der Waals surface area contributed by atoms with Crippen molar-refractivity contribution in [2.24, 2.45) is 0 Å². The Labute approximate surface area is 156 Å². The maximum atomic E-state index is 13.2. The van der Waals surface area contributed by atoms with Crippen molar-refractivity contribution in [1.29, 1.82) is 0 Å². The minimum absolute atomic E-state index is 0.0621. The highest BCUT2D eigenvalue weighted by molar-refractivity contribution is 7.20. The maximum Gasteiger partial charge on any atom is 0.264 e. The second-order valence-electron chi connectivity index (χ2n) is 7.24. The number of fused-ring (bicyclic) bond motifs is 2. The molecular formula is C20H22N4OS. The Bertz CT molecular complexity index is 927. The quantitative estimate of drug-likeness (QED) is 0.683. The number of carbonyl (C=O) groups excluding carboxylic acids is 1. The van der Waals surface area contributed by atoms with Gasteiger partial charge in [-0.3, -0.25) is 4.79 Å². The molecule has 1 amide bonds. The summed E-state index contributed by atoms with van der Waals surface area (Å²) >= 11 is 1.59. The largest absolute Gasteiger partial charge is 0.328 e. The number of hydrogen-bond acceptors (Lipinski definition) is 4. The van der Waals surface area contributed by atoms with E-state index in [1.807, 2.05) is 23.1 Å². The van der Waals surface area contributed by atoms with Crippen LogP contribution in [0.4, 0.5) is 0 Å². The van der Waals surface area contributed by atoms with Crippen molar-refractivity contribution in [3.05, 3.63) is 46.9 Å². The summed E-state index contributed by atoms with van der Waals surface area (Å²) in [5.74, 6) is 2.23. The van der Waals surface area contributed by atoms with Gasteiger partial charge >= 0.3 is 0 Å². The minimum atomic E-state index is 0.0621. The van der Waals surface area contributed by atoms with Gasteiger partial charge < -0.3 is 9.47 Å². The third-order valence-electron chi connectivity index (χ3n) is 5.59. The standard InChI is InChI=1S/C20H22N4OS/c25-20(17-13-14-7-3-4-9-16(14)26-17)23-12-6-8-15(23)19-22-21-18-10-2-1-5-11-24(18)19/h3-4,7,9,13,15H,1-2,5-6,8,10-12H2. The van der Waals surface area contributed by atoms with Gasteiger partial charge in [0, 0.05) is 24.2 Å². The predicted molar refractivity (Wildman–Crippen MR) is 102 cm³/mol. The van der Waals surface area contributed by atoms with Crippen LogP contribution >= 0.6 is 11.3 Å². The predicted octanol–water partition coefficient (Wildman–Crippen LogP) is 4.20. The zero-order chi connectivity index (χ0) is 17.5. The summed E-state index contributed by atoms with van der Waals surface area (Å²) in [6.07, 6.45) is 6.63. The molecule has 5 rings (SSSR count). The van der Waals surface area contributed by atoms with Crippen molar-refractivity contribution in [2.45, 2.75) is 51.1 Å². The highest BCUT2D eigenvalue weighted by Crippen LogP contribution is 2.35. The van der Waals surface area contributed by atoms with E-state index in [4.69, 9.17) is 0 Å². The monoisotopic (exact) mass is 366 g/mol. The average molecular weight is 366 g/mol. The van der Waals surface area contributed by atoms with E-state index in [1.54, 1.807) is 11.3 Å². The SMILES string of the molecule is O=C(c1cc2ccccc2s1)N1CCCC1c1nnc2n1CCCCC2. The van der Waals surface area contributed by atoms with Crippen LogP contribution in [0.5, 0.6) is 0 Å². The van der Waals surface area contributed by atoms with Crippen LogP contribution in [0, 0.1) is 0 Å². The number of aryl methyl sites for hydroxylation is 1. The lowest BCUT2D eigenvalue weighted by molar-refractivity contribution is 0.0732. The number of thiophene rings is 1. The molecule has 1 atom stereocenters. The molecule has 0 N–H and O–H groups in total. The molecule has 0 spiro atoms. The third kappa shape index (κ3) is 2.63. The normalized spacial score (nSPS) is 20.3. The van der Waals surface area contributed by atoms with Crippen LogP contribution in [0.1, 0.15) is 59.5 Å². The summed E-state index contributed by atoms with van der Waals surface area (Å²) in [5, 5.41) is 10.1. The lowest BCUT2D eigenvalue weighted by atomic mass is 10.2. The highest BCUT2D eigenvalue weighted by Gasteiger charge is 2.35. The molecule has 2 aliphatic heterocycles. The molecule has 1 aromatic carbocycles. The molecule has 2 aliphatic rings. The Hall–Kier alpha value is -2.21. The van der Waals surface area contributed by atoms with Gasteiger partial charge in [-0.15, -0.1) is 21.5 Å². The van der Waals surface area contributed by atoms with Crippen molar-refractivity contribution in [2.75, 3.05) is 6.54 Å². The van der Waals surface area contributed by atoms with Crippen molar-refractivity contribution in [3.63, 3.8) is 0 Å². The molecule has 26 heavy (non-hydrogen) atoms. The van der Waals surface area contributed by atoms with Crippen molar-refractivity contribution >= 4 is 27.3 Å². The number of benzene rings is 1. The van der Waals surface area contributed by atoms with E-state index in [0.29, 0.717) is 0 Å². The van der Waals surface area contributed by atoms with Crippen molar-refractivity contribution in [1.82, 2.24) is 19.7 Å². The highest BCUT2D eigenvalue weighted by atomic mass is 32.1. The van der Waals surface area contributed by atoms with Crippen molar-refractivity contribution in [3.8, 4) is 0 Å². The van der Waals surface area contributed by atoms with Gasteiger partial charge in [0.1, 0.15) is 5.82 Å². The summed E-state index contributed by atoms with van der Waals surface area (Å²) in [6.45, 7) is 1.79.